The average molecular weight is 437 g/mol. The largest absolute Gasteiger partial charge is 0.416 e. The molecule has 1 aromatic heterocycles. The van der Waals surface area contributed by atoms with Crippen LogP contribution in [0.1, 0.15) is 34.3 Å². The molecule has 4 rings (SSSR count). The number of thioether (sulfide) groups is 1. The molecule has 2 aromatic rings. The molecular weight excluding hydrogens is 413 g/mol. The van der Waals surface area contributed by atoms with Gasteiger partial charge in [-0.3, -0.25) is 9.69 Å². The zero-order valence-corrected chi connectivity index (χ0v) is 17.4. The molecular formula is C21H23F3N4OS. The van der Waals surface area contributed by atoms with Gasteiger partial charge in [-0.25, -0.2) is 9.97 Å². The van der Waals surface area contributed by atoms with Crippen molar-refractivity contribution in [2.45, 2.75) is 36.8 Å². The minimum Gasteiger partial charge on any atom is -0.337 e. The van der Waals surface area contributed by atoms with Gasteiger partial charge in [-0.1, -0.05) is 17.8 Å². The number of carbonyl (C=O) groups is 1. The minimum absolute atomic E-state index is 0.0936. The Kier molecular flexibility index (Phi) is 6.02. The summed E-state index contributed by atoms with van der Waals surface area (Å²) in [6.45, 7) is 2.75. The molecule has 9 heteroatoms. The Labute approximate surface area is 177 Å². The Morgan fingerprint density at radius 2 is 2.00 bits per heavy atom. The molecule has 0 N–H and O–H groups in total. The van der Waals surface area contributed by atoms with Gasteiger partial charge in [0.25, 0.3) is 5.91 Å². The average Bonchev–Trinajstić information content (AvgIpc) is 3.19. The maximum absolute atomic E-state index is 13.0. The fourth-order valence-electron chi connectivity index (χ4n) is 4.41. The molecule has 2 saturated heterocycles. The van der Waals surface area contributed by atoms with Crippen molar-refractivity contribution in [1.29, 1.82) is 0 Å². The summed E-state index contributed by atoms with van der Waals surface area (Å²) < 4.78 is 39.0. The molecule has 3 heterocycles. The van der Waals surface area contributed by atoms with Gasteiger partial charge in [0.2, 0.25) is 0 Å². The second-order valence-electron chi connectivity index (χ2n) is 7.81. The number of hydrogen-bond donors (Lipinski definition) is 0. The van der Waals surface area contributed by atoms with Gasteiger partial charge in [0, 0.05) is 49.2 Å². The molecule has 2 aliphatic rings. The first-order chi connectivity index (χ1) is 14.3. The van der Waals surface area contributed by atoms with Gasteiger partial charge in [-0.05, 0) is 49.8 Å². The zero-order chi connectivity index (χ0) is 21.3. The van der Waals surface area contributed by atoms with Crippen LogP contribution in [0.4, 0.5) is 13.2 Å². The second kappa shape index (κ2) is 8.55. The molecule has 1 amide bonds. The van der Waals surface area contributed by atoms with Crippen LogP contribution >= 0.6 is 11.8 Å². The summed E-state index contributed by atoms with van der Waals surface area (Å²) in [5.41, 5.74) is 0.326. The lowest BCUT2D eigenvalue weighted by Crippen LogP contribution is -2.44. The third-order valence-electron chi connectivity index (χ3n) is 5.87. The summed E-state index contributed by atoms with van der Waals surface area (Å²) in [6, 6.07) is 4.90. The molecule has 0 radical (unpaired) electrons. The van der Waals surface area contributed by atoms with Crippen LogP contribution in [0.25, 0.3) is 0 Å². The van der Waals surface area contributed by atoms with Crippen LogP contribution in [-0.2, 0) is 12.7 Å². The lowest BCUT2D eigenvalue weighted by Gasteiger charge is -2.36. The quantitative estimate of drug-likeness (QED) is 0.537. The lowest BCUT2D eigenvalue weighted by atomic mass is 9.92. The third kappa shape index (κ3) is 4.46. The number of rotatable bonds is 4. The van der Waals surface area contributed by atoms with Crippen LogP contribution < -0.4 is 0 Å². The van der Waals surface area contributed by atoms with Crippen LogP contribution in [0.3, 0.4) is 0 Å². The van der Waals surface area contributed by atoms with E-state index in [1.165, 1.54) is 23.9 Å². The highest BCUT2D eigenvalue weighted by Crippen LogP contribution is 2.33. The molecule has 0 bridgehead atoms. The molecule has 0 unspecified atom stereocenters. The predicted molar refractivity (Wildman–Crippen MR) is 108 cm³/mol. The summed E-state index contributed by atoms with van der Waals surface area (Å²) in [6.07, 6.45) is 3.20. The normalized spacial score (nSPS) is 22.2. The number of aromatic nitrogens is 2. The monoisotopic (exact) mass is 436 g/mol. The smallest absolute Gasteiger partial charge is 0.337 e. The van der Waals surface area contributed by atoms with Gasteiger partial charge in [0.1, 0.15) is 0 Å². The molecule has 2 aliphatic heterocycles. The number of fused-ring (bicyclic) bond motifs is 1. The Morgan fingerprint density at radius 1 is 1.23 bits per heavy atom. The summed E-state index contributed by atoms with van der Waals surface area (Å²) in [5.74, 6) is 0.00277. The van der Waals surface area contributed by atoms with Crippen molar-refractivity contribution >= 4 is 17.7 Å². The second-order valence-corrected chi connectivity index (χ2v) is 8.58. The van der Waals surface area contributed by atoms with Gasteiger partial charge in [0.15, 0.2) is 5.16 Å². The van der Waals surface area contributed by atoms with Gasteiger partial charge in [0.05, 0.1) is 5.56 Å². The van der Waals surface area contributed by atoms with Crippen molar-refractivity contribution in [3.63, 3.8) is 0 Å². The SMILES string of the molecule is CSc1ncc(CN2CCC[C@@H]3CN(C(=O)c4cccc(C(F)(F)F)c4)C[C@@H]32)cn1. The molecule has 0 aliphatic carbocycles. The van der Waals surface area contributed by atoms with Gasteiger partial charge < -0.3 is 4.90 Å². The topological polar surface area (TPSA) is 49.3 Å². The first-order valence-electron chi connectivity index (χ1n) is 9.90. The highest BCUT2D eigenvalue weighted by atomic mass is 32.2. The van der Waals surface area contributed by atoms with E-state index >= 15 is 0 Å². The Bertz CT molecular complexity index is 906. The first kappa shape index (κ1) is 21.1. The van der Waals surface area contributed by atoms with Gasteiger partial charge in [-0.2, -0.15) is 13.2 Å². The summed E-state index contributed by atoms with van der Waals surface area (Å²) >= 11 is 1.49. The number of nitrogens with zero attached hydrogens (tertiary/aromatic N) is 4. The maximum Gasteiger partial charge on any atom is 0.416 e. The van der Waals surface area contributed by atoms with E-state index in [0.29, 0.717) is 25.6 Å². The van der Waals surface area contributed by atoms with E-state index in [2.05, 4.69) is 14.9 Å². The molecule has 2 fully saturated rings. The van der Waals surface area contributed by atoms with Crippen LogP contribution in [0.5, 0.6) is 0 Å². The lowest BCUT2D eigenvalue weighted by molar-refractivity contribution is -0.137. The number of carbonyl (C=O) groups excluding carboxylic acids is 1. The number of alkyl halides is 3. The van der Waals surface area contributed by atoms with E-state index < -0.39 is 11.7 Å². The minimum atomic E-state index is -4.46. The molecule has 160 valence electrons. The molecule has 2 atom stereocenters. The number of halogens is 3. The molecule has 0 saturated carbocycles. The van der Waals surface area contributed by atoms with E-state index in [0.717, 1.165) is 42.2 Å². The van der Waals surface area contributed by atoms with Crippen molar-refractivity contribution in [3.8, 4) is 0 Å². The fourth-order valence-corrected chi connectivity index (χ4v) is 4.73. The molecule has 5 nitrogen and oxygen atoms in total. The van der Waals surface area contributed by atoms with Crippen molar-refractivity contribution in [1.82, 2.24) is 19.8 Å². The zero-order valence-electron chi connectivity index (χ0n) is 16.6. The number of hydrogen-bond acceptors (Lipinski definition) is 5. The first-order valence-corrected chi connectivity index (χ1v) is 11.1. The summed E-state index contributed by atoms with van der Waals surface area (Å²) in [7, 11) is 0. The van der Waals surface area contributed by atoms with Crippen molar-refractivity contribution in [3.05, 3.63) is 53.3 Å². The number of likely N-dealkylation sites (tertiary alicyclic amines) is 2. The number of piperidine rings is 1. The van der Waals surface area contributed by atoms with Crippen LogP contribution in [0, 0.1) is 5.92 Å². The molecule has 30 heavy (non-hydrogen) atoms. The predicted octanol–water partition coefficient (Wildman–Crippen LogP) is 3.95. The standard InChI is InChI=1S/C21H23F3N4OS/c1-30-20-25-9-14(10-26-20)11-27-7-3-5-16-12-28(13-18(16)27)19(29)15-4-2-6-17(8-15)21(22,23)24/h2,4,6,8-10,16,18H,3,5,7,11-13H2,1H3/t16-,18+/m1/s1. The third-order valence-corrected chi connectivity index (χ3v) is 6.45. The molecule has 1 aromatic carbocycles. The highest BCUT2D eigenvalue weighted by Gasteiger charge is 2.41. The number of benzene rings is 1. The highest BCUT2D eigenvalue weighted by molar-refractivity contribution is 7.98. The van der Waals surface area contributed by atoms with Crippen LogP contribution in [-0.4, -0.2) is 57.6 Å². The Hall–Kier alpha value is -2.13. The van der Waals surface area contributed by atoms with Crippen molar-refractivity contribution in [2.24, 2.45) is 5.92 Å². The Balaban J connectivity index is 1.46. The number of amides is 1. The van der Waals surface area contributed by atoms with Crippen LogP contribution in [0.2, 0.25) is 0 Å². The maximum atomic E-state index is 13.0. The van der Waals surface area contributed by atoms with E-state index in [1.807, 2.05) is 18.6 Å². The van der Waals surface area contributed by atoms with Gasteiger partial charge in [-0.15, -0.1) is 0 Å². The van der Waals surface area contributed by atoms with Crippen molar-refractivity contribution in [2.75, 3.05) is 25.9 Å². The molecule has 0 spiro atoms. The van der Waals surface area contributed by atoms with Crippen LogP contribution in [0.15, 0.2) is 41.8 Å². The van der Waals surface area contributed by atoms with E-state index in [4.69, 9.17) is 0 Å². The van der Waals surface area contributed by atoms with E-state index in [1.54, 1.807) is 4.90 Å². The summed E-state index contributed by atoms with van der Waals surface area (Å²) in [4.78, 5) is 25.6. The van der Waals surface area contributed by atoms with Gasteiger partial charge >= 0.3 is 6.18 Å². The van der Waals surface area contributed by atoms with E-state index in [-0.39, 0.29) is 17.5 Å². The van der Waals surface area contributed by atoms with E-state index in [9.17, 15) is 18.0 Å². The Morgan fingerprint density at radius 3 is 2.70 bits per heavy atom. The van der Waals surface area contributed by atoms with Crippen molar-refractivity contribution < 1.29 is 18.0 Å². The summed E-state index contributed by atoms with van der Waals surface area (Å²) in [5, 5.41) is 0.731. The fraction of sp³-hybridized carbons (Fsp3) is 0.476.